The van der Waals surface area contributed by atoms with Gasteiger partial charge in [0.15, 0.2) is 0 Å². The van der Waals surface area contributed by atoms with Crippen molar-refractivity contribution in [1.82, 2.24) is 4.98 Å². The smallest absolute Gasteiger partial charge is 0.255 e. The first-order valence-electron chi connectivity index (χ1n) is 8.27. The Morgan fingerprint density at radius 3 is 2.48 bits per heavy atom. The Bertz CT molecular complexity index is 845. The van der Waals surface area contributed by atoms with Crippen molar-refractivity contribution in [3.05, 3.63) is 89.6 Å². The molecule has 1 amide bonds. The van der Waals surface area contributed by atoms with E-state index in [-0.39, 0.29) is 11.9 Å². The first-order chi connectivity index (χ1) is 12.1. The van der Waals surface area contributed by atoms with Gasteiger partial charge < -0.3 is 10.6 Å². The fourth-order valence-corrected chi connectivity index (χ4v) is 2.59. The monoisotopic (exact) mass is 331 g/mol. The molecule has 4 heteroatoms. The number of benzene rings is 2. The lowest BCUT2D eigenvalue weighted by Gasteiger charge is -2.15. The van der Waals surface area contributed by atoms with Crippen molar-refractivity contribution in [2.75, 3.05) is 10.6 Å². The number of nitrogens with zero attached hydrogens (tertiary/aromatic N) is 1. The van der Waals surface area contributed by atoms with Gasteiger partial charge in [0.25, 0.3) is 5.91 Å². The van der Waals surface area contributed by atoms with Crippen molar-refractivity contribution >= 4 is 17.4 Å². The van der Waals surface area contributed by atoms with E-state index in [1.165, 1.54) is 5.56 Å². The number of pyridine rings is 1. The summed E-state index contributed by atoms with van der Waals surface area (Å²) in [7, 11) is 0. The number of carbonyl (C=O) groups is 1. The molecule has 0 aliphatic rings. The number of aromatic nitrogens is 1. The van der Waals surface area contributed by atoms with Gasteiger partial charge in [-0.2, -0.15) is 0 Å². The molecule has 0 spiro atoms. The normalized spacial score (nSPS) is 11.6. The molecule has 1 atom stereocenters. The minimum atomic E-state index is -0.135. The summed E-state index contributed by atoms with van der Waals surface area (Å²) >= 11 is 0. The predicted molar refractivity (Wildman–Crippen MR) is 102 cm³/mol. The third kappa shape index (κ3) is 4.44. The number of anilines is 2. The minimum absolute atomic E-state index is 0.135. The molecule has 0 bridgehead atoms. The number of aryl methyl sites for hydroxylation is 1. The Hall–Kier alpha value is -3.14. The fraction of sp³-hybridized carbons (Fsp3) is 0.143. The number of carbonyl (C=O) groups excluding carboxylic acids is 1. The van der Waals surface area contributed by atoms with Crippen LogP contribution in [0.25, 0.3) is 0 Å². The zero-order valence-electron chi connectivity index (χ0n) is 14.4. The van der Waals surface area contributed by atoms with Crippen molar-refractivity contribution in [2.45, 2.75) is 19.9 Å². The first kappa shape index (κ1) is 16.7. The molecule has 2 aromatic carbocycles. The highest BCUT2D eigenvalue weighted by Gasteiger charge is 2.08. The van der Waals surface area contributed by atoms with Gasteiger partial charge in [0.1, 0.15) is 5.82 Å². The lowest BCUT2D eigenvalue weighted by molar-refractivity contribution is 0.102. The maximum atomic E-state index is 12.3. The second-order valence-corrected chi connectivity index (χ2v) is 6.03. The number of hydrogen-bond donors (Lipinski definition) is 2. The van der Waals surface area contributed by atoms with E-state index in [4.69, 9.17) is 0 Å². The summed E-state index contributed by atoms with van der Waals surface area (Å²) < 4.78 is 0. The van der Waals surface area contributed by atoms with E-state index in [1.54, 1.807) is 12.3 Å². The highest BCUT2D eigenvalue weighted by molar-refractivity contribution is 6.04. The predicted octanol–water partition coefficient (Wildman–Crippen LogP) is 4.82. The zero-order chi connectivity index (χ0) is 17.6. The third-order valence-electron chi connectivity index (χ3n) is 3.97. The molecule has 0 saturated heterocycles. The molecule has 0 fully saturated rings. The lowest BCUT2D eigenvalue weighted by Crippen LogP contribution is -2.12. The highest BCUT2D eigenvalue weighted by Crippen LogP contribution is 2.18. The Morgan fingerprint density at radius 1 is 1.00 bits per heavy atom. The van der Waals surface area contributed by atoms with Crippen molar-refractivity contribution in [3.8, 4) is 0 Å². The average Bonchev–Trinajstić information content (AvgIpc) is 2.64. The summed E-state index contributed by atoms with van der Waals surface area (Å²) in [4.78, 5) is 16.6. The summed E-state index contributed by atoms with van der Waals surface area (Å²) in [6, 6.07) is 21.6. The average molecular weight is 331 g/mol. The molecule has 0 aliphatic carbocycles. The van der Waals surface area contributed by atoms with Crippen molar-refractivity contribution in [3.63, 3.8) is 0 Å². The van der Waals surface area contributed by atoms with Crippen molar-refractivity contribution in [1.29, 1.82) is 0 Å². The van der Waals surface area contributed by atoms with Crippen LogP contribution in [0.15, 0.2) is 72.9 Å². The standard InChI is InChI=1S/C21H21N3O/c1-15-7-6-10-18(13-15)21(25)24-19-11-12-20(22-14-19)23-16(2)17-8-4-3-5-9-17/h3-14,16H,1-2H3,(H,22,23)(H,24,25). The third-order valence-corrected chi connectivity index (χ3v) is 3.97. The van der Waals surface area contributed by atoms with Crippen LogP contribution in [-0.4, -0.2) is 10.9 Å². The molecule has 1 aromatic heterocycles. The van der Waals surface area contributed by atoms with Crippen LogP contribution in [0, 0.1) is 6.92 Å². The molecule has 3 rings (SSSR count). The van der Waals surface area contributed by atoms with Gasteiger partial charge in [0, 0.05) is 11.6 Å². The van der Waals surface area contributed by atoms with E-state index in [0.29, 0.717) is 11.3 Å². The molecule has 1 unspecified atom stereocenters. The van der Waals surface area contributed by atoms with E-state index in [1.807, 2.05) is 55.5 Å². The van der Waals surface area contributed by atoms with Crippen LogP contribution >= 0.6 is 0 Å². The van der Waals surface area contributed by atoms with E-state index < -0.39 is 0 Å². The number of hydrogen-bond acceptors (Lipinski definition) is 3. The van der Waals surface area contributed by atoms with Gasteiger partial charge in [-0.1, -0.05) is 48.0 Å². The van der Waals surface area contributed by atoms with Gasteiger partial charge in [-0.25, -0.2) is 4.98 Å². The summed E-state index contributed by atoms with van der Waals surface area (Å²) in [6.45, 7) is 4.05. The van der Waals surface area contributed by atoms with Crippen LogP contribution in [0.4, 0.5) is 11.5 Å². The molecule has 126 valence electrons. The molecule has 2 N–H and O–H groups in total. The molecular weight excluding hydrogens is 310 g/mol. The lowest BCUT2D eigenvalue weighted by atomic mass is 10.1. The van der Waals surface area contributed by atoms with Crippen LogP contribution in [0.5, 0.6) is 0 Å². The number of rotatable bonds is 5. The van der Waals surface area contributed by atoms with E-state index >= 15 is 0 Å². The zero-order valence-corrected chi connectivity index (χ0v) is 14.4. The second-order valence-electron chi connectivity index (χ2n) is 6.03. The summed E-state index contributed by atoms with van der Waals surface area (Å²) in [6.07, 6.45) is 1.66. The Kier molecular flexibility index (Phi) is 5.09. The minimum Gasteiger partial charge on any atom is -0.364 e. The van der Waals surface area contributed by atoms with E-state index in [2.05, 4.69) is 34.7 Å². The SMILES string of the molecule is Cc1cccc(C(=O)Nc2ccc(NC(C)c3ccccc3)nc2)c1. The molecule has 0 aliphatic heterocycles. The van der Waals surface area contributed by atoms with Crippen LogP contribution in [0.1, 0.15) is 34.5 Å². The summed E-state index contributed by atoms with van der Waals surface area (Å²) in [5, 5.41) is 6.22. The van der Waals surface area contributed by atoms with Gasteiger partial charge in [-0.3, -0.25) is 4.79 Å². The van der Waals surface area contributed by atoms with Crippen LogP contribution in [0.3, 0.4) is 0 Å². The molecule has 0 saturated carbocycles. The van der Waals surface area contributed by atoms with Crippen LogP contribution in [-0.2, 0) is 0 Å². The Labute approximate surface area is 147 Å². The van der Waals surface area contributed by atoms with Gasteiger partial charge in [0.2, 0.25) is 0 Å². The maximum absolute atomic E-state index is 12.3. The van der Waals surface area contributed by atoms with Gasteiger partial charge in [-0.05, 0) is 43.7 Å². The largest absolute Gasteiger partial charge is 0.364 e. The van der Waals surface area contributed by atoms with Crippen LogP contribution < -0.4 is 10.6 Å². The Morgan fingerprint density at radius 2 is 1.80 bits per heavy atom. The van der Waals surface area contributed by atoms with Gasteiger partial charge >= 0.3 is 0 Å². The quantitative estimate of drug-likeness (QED) is 0.705. The van der Waals surface area contributed by atoms with E-state index in [0.717, 1.165) is 11.4 Å². The number of nitrogens with one attached hydrogen (secondary N) is 2. The van der Waals surface area contributed by atoms with E-state index in [9.17, 15) is 4.79 Å². The molecule has 25 heavy (non-hydrogen) atoms. The second kappa shape index (κ2) is 7.62. The maximum Gasteiger partial charge on any atom is 0.255 e. The highest BCUT2D eigenvalue weighted by atomic mass is 16.1. The first-order valence-corrected chi connectivity index (χ1v) is 8.27. The van der Waals surface area contributed by atoms with Gasteiger partial charge in [0.05, 0.1) is 11.9 Å². The van der Waals surface area contributed by atoms with Crippen molar-refractivity contribution < 1.29 is 4.79 Å². The molecule has 1 heterocycles. The Balaban J connectivity index is 1.63. The number of amides is 1. The fourth-order valence-electron chi connectivity index (χ4n) is 2.59. The topological polar surface area (TPSA) is 54.0 Å². The molecule has 4 nitrogen and oxygen atoms in total. The molecular formula is C21H21N3O. The molecule has 3 aromatic rings. The van der Waals surface area contributed by atoms with Crippen LogP contribution in [0.2, 0.25) is 0 Å². The van der Waals surface area contributed by atoms with Crippen molar-refractivity contribution in [2.24, 2.45) is 0 Å². The summed E-state index contributed by atoms with van der Waals surface area (Å²) in [5.41, 5.74) is 3.56. The molecule has 0 radical (unpaired) electrons. The van der Waals surface area contributed by atoms with Gasteiger partial charge in [-0.15, -0.1) is 0 Å². The summed E-state index contributed by atoms with van der Waals surface area (Å²) in [5.74, 6) is 0.633.